The number of ether oxygens (including phenoxy) is 2. The summed E-state index contributed by atoms with van der Waals surface area (Å²) in [5.41, 5.74) is 1.07. The van der Waals surface area contributed by atoms with Gasteiger partial charge in [0.2, 0.25) is 5.91 Å². The monoisotopic (exact) mass is 526 g/mol. The molecular formula is C26H23ClN2O6S. The number of anilines is 1. The Labute approximate surface area is 216 Å². The first-order valence-electron chi connectivity index (χ1n) is 11.2. The molecule has 2 amide bonds. The lowest BCUT2D eigenvalue weighted by Crippen LogP contribution is -2.48. The number of halogens is 1. The van der Waals surface area contributed by atoms with E-state index in [9.17, 15) is 19.2 Å². The van der Waals surface area contributed by atoms with E-state index in [1.54, 1.807) is 52.6 Å². The van der Waals surface area contributed by atoms with Crippen molar-refractivity contribution in [3.63, 3.8) is 0 Å². The summed E-state index contributed by atoms with van der Waals surface area (Å²) in [5.74, 6) is -1.61. The third kappa shape index (κ3) is 6.78. The second-order valence-corrected chi connectivity index (χ2v) is 9.50. The first kappa shape index (κ1) is 25.6. The van der Waals surface area contributed by atoms with Crippen LogP contribution in [0.3, 0.4) is 0 Å². The maximum Gasteiger partial charge on any atom is 0.338 e. The van der Waals surface area contributed by atoms with E-state index in [1.807, 2.05) is 17.5 Å². The van der Waals surface area contributed by atoms with Crippen LogP contribution in [0, 0.1) is 0 Å². The number of carbonyl (C=O) groups excluding carboxylic acids is 4. The molecule has 0 radical (unpaired) electrons. The number of morpholine rings is 1. The van der Waals surface area contributed by atoms with Crippen molar-refractivity contribution in [2.24, 2.45) is 0 Å². The Kier molecular flexibility index (Phi) is 8.48. The van der Waals surface area contributed by atoms with Crippen LogP contribution in [0.15, 0.2) is 66.0 Å². The fraction of sp³-hybridized carbons (Fsp3) is 0.231. The molecule has 8 nitrogen and oxygen atoms in total. The van der Waals surface area contributed by atoms with E-state index in [1.165, 1.54) is 12.1 Å². The Morgan fingerprint density at radius 1 is 1.06 bits per heavy atom. The predicted molar refractivity (Wildman–Crippen MR) is 135 cm³/mol. The average molecular weight is 527 g/mol. The molecule has 1 aromatic heterocycles. The van der Waals surface area contributed by atoms with E-state index in [4.69, 9.17) is 21.1 Å². The van der Waals surface area contributed by atoms with Gasteiger partial charge in [0.25, 0.3) is 5.91 Å². The zero-order valence-corrected chi connectivity index (χ0v) is 20.7. The normalized spacial score (nSPS) is 15.4. The van der Waals surface area contributed by atoms with E-state index in [-0.39, 0.29) is 29.6 Å². The summed E-state index contributed by atoms with van der Waals surface area (Å²) >= 11 is 7.38. The third-order valence-electron chi connectivity index (χ3n) is 5.47. The number of hydrogen-bond donors (Lipinski definition) is 1. The molecule has 2 heterocycles. The van der Waals surface area contributed by atoms with Crippen LogP contribution in [0.1, 0.15) is 32.0 Å². The highest BCUT2D eigenvalue weighted by molar-refractivity contribution is 7.09. The van der Waals surface area contributed by atoms with Gasteiger partial charge in [-0.2, -0.15) is 0 Å². The van der Waals surface area contributed by atoms with E-state index in [2.05, 4.69) is 5.32 Å². The predicted octanol–water partition coefficient (Wildman–Crippen LogP) is 4.20. The highest BCUT2D eigenvalue weighted by Crippen LogP contribution is 2.18. The molecule has 1 unspecified atom stereocenters. The van der Waals surface area contributed by atoms with Crippen LogP contribution in [-0.2, 0) is 25.6 Å². The standard InChI is InChI=1S/C26H23ClN2O6S/c27-19-7-3-17(4-8-19)22(30)16-35-26(33)18-5-9-20(10-6-18)28-24(31)14-23-25(32)29(11-12-34-23)15-21-2-1-13-36-21/h1-10,13,23H,11-12,14-16H2,(H,28,31). The summed E-state index contributed by atoms with van der Waals surface area (Å²) < 4.78 is 10.6. The number of nitrogens with zero attached hydrogens (tertiary/aromatic N) is 1. The van der Waals surface area contributed by atoms with Crippen LogP contribution in [0.2, 0.25) is 5.02 Å². The highest BCUT2D eigenvalue weighted by atomic mass is 35.5. The number of esters is 1. The maximum absolute atomic E-state index is 12.7. The van der Waals surface area contributed by atoms with Crippen LogP contribution < -0.4 is 5.32 Å². The molecular weight excluding hydrogens is 504 g/mol. The van der Waals surface area contributed by atoms with Crippen LogP contribution in [0.25, 0.3) is 0 Å². The summed E-state index contributed by atoms with van der Waals surface area (Å²) in [6.45, 7) is 0.947. The van der Waals surface area contributed by atoms with E-state index >= 15 is 0 Å². The topological polar surface area (TPSA) is 102 Å². The molecule has 10 heteroatoms. The smallest absolute Gasteiger partial charge is 0.338 e. The number of benzene rings is 2. The first-order chi connectivity index (χ1) is 17.4. The molecule has 186 valence electrons. The van der Waals surface area contributed by atoms with Crippen LogP contribution in [0.4, 0.5) is 5.69 Å². The van der Waals surface area contributed by atoms with Crippen molar-refractivity contribution in [3.8, 4) is 0 Å². The second-order valence-electron chi connectivity index (χ2n) is 8.03. The molecule has 0 saturated carbocycles. The van der Waals surface area contributed by atoms with Gasteiger partial charge in [-0.15, -0.1) is 11.3 Å². The molecule has 36 heavy (non-hydrogen) atoms. The summed E-state index contributed by atoms with van der Waals surface area (Å²) in [6.07, 6.45) is -0.956. The summed E-state index contributed by atoms with van der Waals surface area (Å²) in [4.78, 5) is 52.4. The quantitative estimate of drug-likeness (QED) is 0.331. The lowest BCUT2D eigenvalue weighted by molar-refractivity contribution is -0.155. The Morgan fingerprint density at radius 2 is 1.78 bits per heavy atom. The van der Waals surface area contributed by atoms with Crippen molar-refractivity contribution < 1.29 is 28.7 Å². The number of nitrogens with one attached hydrogen (secondary N) is 1. The fourth-order valence-corrected chi connectivity index (χ4v) is 4.43. The van der Waals surface area contributed by atoms with Crippen LogP contribution >= 0.6 is 22.9 Å². The van der Waals surface area contributed by atoms with E-state index in [0.717, 1.165) is 4.88 Å². The largest absolute Gasteiger partial charge is 0.454 e. The molecule has 4 rings (SSSR count). The van der Waals surface area contributed by atoms with Gasteiger partial charge in [-0.25, -0.2) is 4.79 Å². The molecule has 2 aromatic carbocycles. The number of hydrogen-bond acceptors (Lipinski definition) is 7. The molecule has 0 bridgehead atoms. The number of ketones is 1. The Balaban J connectivity index is 1.25. The molecule has 1 aliphatic rings. The van der Waals surface area contributed by atoms with Crippen molar-refractivity contribution in [2.75, 3.05) is 25.1 Å². The van der Waals surface area contributed by atoms with Gasteiger partial charge in [0.1, 0.15) is 6.10 Å². The maximum atomic E-state index is 12.7. The summed E-state index contributed by atoms with van der Waals surface area (Å²) in [5, 5.41) is 5.17. The highest BCUT2D eigenvalue weighted by Gasteiger charge is 2.31. The third-order valence-corrected chi connectivity index (χ3v) is 6.58. The lowest BCUT2D eigenvalue weighted by Gasteiger charge is -2.32. The van der Waals surface area contributed by atoms with Gasteiger partial charge in [0.05, 0.1) is 25.1 Å². The number of amides is 2. The average Bonchev–Trinajstić information content (AvgIpc) is 3.39. The second kappa shape index (κ2) is 11.9. The van der Waals surface area contributed by atoms with E-state index in [0.29, 0.717) is 36.0 Å². The molecule has 0 aliphatic carbocycles. The number of carbonyl (C=O) groups is 4. The lowest BCUT2D eigenvalue weighted by atomic mass is 10.1. The number of Topliss-reactive ketones (excluding diaryl/α,β-unsaturated/α-hetero) is 1. The number of thiophene rings is 1. The SMILES string of the molecule is O=C(CC1OCCN(Cc2cccs2)C1=O)Nc1ccc(C(=O)OCC(=O)c2ccc(Cl)cc2)cc1. The van der Waals surface area contributed by atoms with Gasteiger partial charge in [-0.1, -0.05) is 17.7 Å². The van der Waals surface area contributed by atoms with Crippen molar-refractivity contribution in [1.82, 2.24) is 4.90 Å². The van der Waals surface area contributed by atoms with Crippen LogP contribution in [0.5, 0.6) is 0 Å². The van der Waals surface area contributed by atoms with Gasteiger partial charge >= 0.3 is 5.97 Å². The molecule has 1 fully saturated rings. The number of rotatable bonds is 9. The van der Waals surface area contributed by atoms with Crippen molar-refractivity contribution in [3.05, 3.63) is 87.1 Å². The van der Waals surface area contributed by atoms with Gasteiger partial charge < -0.3 is 19.7 Å². The molecule has 1 saturated heterocycles. The zero-order valence-electron chi connectivity index (χ0n) is 19.1. The molecule has 0 spiro atoms. The van der Waals surface area contributed by atoms with Crippen molar-refractivity contribution in [2.45, 2.75) is 19.1 Å². The van der Waals surface area contributed by atoms with E-state index < -0.39 is 18.7 Å². The Hall–Kier alpha value is -3.53. The minimum absolute atomic E-state index is 0.115. The molecule has 1 N–H and O–H groups in total. The minimum atomic E-state index is -0.842. The fourth-order valence-electron chi connectivity index (χ4n) is 3.59. The Bertz CT molecular complexity index is 1230. The zero-order chi connectivity index (χ0) is 25.5. The van der Waals surface area contributed by atoms with Gasteiger partial charge in [-0.05, 0) is 60.0 Å². The van der Waals surface area contributed by atoms with Crippen LogP contribution in [-0.4, -0.2) is 54.3 Å². The van der Waals surface area contributed by atoms with Gasteiger partial charge in [0, 0.05) is 27.7 Å². The molecule has 1 aliphatic heterocycles. The summed E-state index contributed by atoms with van der Waals surface area (Å²) in [7, 11) is 0. The van der Waals surface area contributed by atoms with Crippen molar-refractivity contribution in [1.29, 1.82) is 0 Å². The van der Waals surface area contributed by atoms with Gasteiger partial charge in [-0.3, -0.25) is 14.4 Å². The molecule has 1 atom stereocenters. The van der Waals surface area contributed by atoms with Gasteiger partial charge in [0.15, 0.2) is 12.4 Å². The summed E-state index contributed by atoms with van der Waals surface area (Å²) in [6, 6.07) is 16.2. The Morgan fingerprint density at radius 3 is 2.47 bits per heavy atom. The first-order valence-corrected chi connectivity index (χ1v) is 12.4. The molecule has 3 aromatic rings. The minimum Gasteiger partial charge on any atom is -0.454 e. The van der Waals surface area contributed by atoms with Crippen molar-refractivity contribution >= 4 is 52.2 Å².